The number of nitrogens with zero attached hydrogens (tertiary/aromatic N) is 3. The molecule has 0 atom stereocenters. The number of methoxy groups -OCH3 is 2. The Morgan fingerprint density at radius 2 is 2.19 bits per heavy atom. The molecular weight excluding hydrogens is 218 g/mol. The molecule has 8 heteroatoms. The molecule has 0 saturated carbocycles. The second kappa shape index (κ2) is 5.33. The van der Waals surface area contributed by atoms with Gasteiger partial charge in [-0.25, -0.2) is 4.79 Å². The van der Waals surface area contributed by atoms with Crippen LogP contribution >= 0.6 is 0 Å². The van der Waals surface area contributed by atoms with Crippen molar-refractivity contribution in [2.45, 2.75) is 12.8 Å². The van der Waals surface area contributed by atoms with E-state index in [2.05, 4.69) is 4.98 Å². The summed E-state index contributed by atoms with van der Waals surface area (Å²) in [5.74, 6) is 0. The van der Waals surface area contributed by atoms with E-state index >= 15 is 0 Å². The summed E-state index contributed by atoms with van der Waals surface area (Å²) >= 11 is 0. The van der Waals surface area contributed by atoms with E-state index in [0.717, 1.165) is 17.0 Å². The highest BCUT2D eigenvalue weighted by Gasteiger charge is 2.12. The Labute approximate surface area is 90.6 Å². The van der Waals surface area contributed by atoms with E-state index < -0.39 is 16.9 Å². The van der Waals surface area contributed by atoms with Crippen molar-refractivity contribution in [1.29, 1.82) is 0 Å². The quantitative estimate of drug-likeness (QED) is 0.393. The van der Waals surface area contributed by atoms with Gasteiger partial charge in [0.1, 0.15) is 6.20 Å². The minimum Gasteiger partial charge on any atom is -0.354 e. The standard InChI is InChI=1S/C8H11N3O5/c1-15-7(16-2)5-10-4-6(11(13)14)3-9-8(10)12/h3-4,7H,5H2,1-2H3. The van der Waals surface area contributed by atoms with Crippen LogP contribution in [-0.4, -0.2) is 35.0 Å². The molecule has 0 aliphatic carbocycles. The maximum atomic E-state index is 11.3. The first kappa shape index (κ1) is 12.3. The first-order chi connectivity index (χ1) is 7.58. The molecular formula is C8H11N3O5. The molecule has 1 heterocycles. The highest BCUT2D eigenvalue weighted by Crippen LogP contribution is 2.05. The van der Waals surface area contributed by atoms with Gasteiger partial charge in [-0.15, -0.1) is 0 Å². The van der Waals surface area contributed by atoms with Crippen molar-refractivity contribution < 1.29 is 14.4 Å². The summed E-state index contributed by atoms with van der Waals surface area (Å²) < 4.78 is 10.8. The summed E-state index contributed by atoms with van der Waals surface area (Å²) in [5, 5.41) is 10.5. The predicted molar refractivity (Wildman–Crippen MR) is 53.0 cm³/mol. The van der Waals surface area contributed by atoms with E-state index in [4.69, 9.17) is 9.47 Å². The van der Waals surface area contributed by atoms with E-state index in [9.17, 15) is 14.9 Å². The van der Waals surface area contributed by atoms with E-state index in [1.54, 1.807) is 0 Å². The van der Waals surface area contributed by atoms with Crippen molar-refractivity contribution in [3.8, 4) is 0 Å². The molecule has 0 N–H and O–H groups in total. The number of rotatable bonds is 5. The monoisotopic (exact) mass is 229 g/mol. The molecule has 0 aromatic carbocycles. The average Bonchev–Trinajstić information content (AvgIpc) is 2.27. The van der Waals surface area contributed by atoms with Crippen LogP contribution < -0.4 is 5.69 Å². The van der Waals surface area contributed by atoms with Gasteiger partial charge in [0, 0.05) is 14.2 Å². The number of nitro groups is 1. The predicted octanol–water partition coefficient (Wildman–Crippen LogP) is -0.230. The zero-order valence-corrected chi connectivity index (χ0v) is 8.82. The molecule has 0 spiro atoms. The number of ether oxygens (including phenoxy) is 2. The van der Waals surface area contributed by atoms with Crippen LogP contribution in [0.2, 0.25) is 0 Å². The molecule has 0 amide bonds. The summed E-state index contributed by atoms with van der Waals surface area (Å²) in [7, 11) is 2.81. The second-order valence-corrected chi connectivity index (χ2v) is 2.91. The molecule has 0 aliphatic rings. The normalized spacial score (nSPS) is 10.7. The lowest BCUT2D eigenvalue weighted by Gasteiger charge is -2.13. The molecule has 8 nitrogen and oxygen atoms in total. The molecule has 16 heavy (non-hydrogen) atoms. The molecule has 0 saturated heterocycles. The van der Waals surface area contributed by atoms with Gasteiger partial charge in [0.2, 0.25) is 0 Å². The Morgan fingerprint density at radius 3 is 2.69 bits per heavy atom. The van der Waals surface area contributed by atoms with Gasteiger partial charge in [0.15, 0.2) is 6.29 Å². The molecule has 88 valence electrons. The summed E-state index contributed by atoms with van der Waals surface area (Å²) in [4.78, 5) is 24.5. The first-order valence-electron chi connectivity index (χ1n) is 4.35. The lowest BCUT2D eigenvalue weighted by atomic mass is 10.5. The molecule has 1 rings (SSSR count). The molecule has 1 aromatic heterocycles. The van der Waals surface area contributed by atoms with Crippen molar-refractivity contribution in [3.63, 3.8) is 0 Å². The second-order valence-electron chi connectivity index (χ2n) is 2.91. The summed E-state index contributed by atoms with van der Waals surface area (Å²) in [5.41, 5.74) is -0.852. The molecule has 0 bridgehead atoms. The van der Waals surface area contributed by atoms with Crippen LogP contribution in [0.25, 0.3) is 0 Å². The first-order valence-corrected chi connectivity index (χ1v) is 4.35. The minimum absolute atomic E-state index is 0.0422. The molecule has 0 radical (unpaired) electrons. The topological polar surface area (TPSA) is 96.5 Å². The highest BCUT2D eigenvalue weighted by atomic mass is 16.7. The number of hydrogen-bond donors (Lipinski definition) is 0. The summed E-state index contributed by atoms with van der Waals surface area (Å²) in [6, 6.07) is 0. The fraction of sp³-hybridized carbons (Fsp3) is 0.500. The van der Waals surface area contributed by atoms with Crippen LogP contribution in [0.15, 0.2) is 17.2 Å². The van der Waals surface area contributed by atoms with E-state index in [1.807, 2.05) is 0 Å². The van der Waals surface area contributed by atoms with Crippen molar-refractivity contribution in [2.75, 3.05) is 14.2 Å². The third-order valence-corrected chi connectivity index (χ3v) is 1.92. The lowest BCUT2D eigenvalue weighted by Crippen LogP contribution is -2.30. The van der Waals surface area contributed by atoms with Crippen LogP contribution in [0.4, 0.5) is 5.69 Å². The number of hydrogen-bond acceptors (Lipinski definition) is 6. The Kier molecular flexibility index (Phi) is 4.09. The smallest absolute Gasteiger partial charge is 0.348 e. The Balaban J connectivity index is 2.98. The van der Waals surface area contributed by atoms with Crippen molar-refractivity contribution in [3.05, 3.63) is 33.0 Å². The molecule has 0 aliphatic heterocycles. The van der Waals surface area contributed by atoms with Crippen molar-refractivity contribution in [1.82, 2.24) is 9.55 Å². The molecule has 0 unspecified atom stereocenters. The van der Waals surface area contributed by atoms with Crippen LogP contribution in [0.1, 0.15) is 0 Å². The van der Waals surface area contributed by atoms with Gasteiger partial charge in [0.25, 0.3) is 0 Å². The van der Waals surface area contributed by atoms with Gasteiger partial charge in [-0.05, 0) is 0 Å². The third kappa shape index (κ3) is 2.84. The Hall–Kier alpha value is -1.80. The van der Waals surface area contributed by atoms with Crippen LogP contribution in [0, 0.1) is 10.1 Å². The SMILES string of the molecule is COC(Cn1cc([N+](=O)[O-])cnc1=O)OC. The zero-order valence-electron chi connectivity index (χ0n) is 8.82. The van der Waals surface area contributed by atoms with E-state index in [-0.39, 0.29) is 12.2 Å². The Bertz CT molecular complexity index is 426. The van der Waals surface area contributed by atoms with E-state index in [1.165, 1.54) is 14.2 Å². The lowest BCUT2D eigenvalue weighted by molar-refractivity contribution is -0.385. The maximum Gasteiger partial charge on any atom is 0.348 e. The van der Waals surface area contributed by atoms with Crippen LogP contribution in [0.3, 0.4) is 0 Å². The summed E-state index contributed by atoms with van der Waals surface area (Å²) in [6.45, 7) is 0.0422. The van der Waals surface area contributed by atoms with Gasteiger partial charge in [-0.2, -0.15) is 4.98 Å². The fourth-order valence-corrected chi connectivity index (χ4v) is 1.07. The average molecular weight is 229 g/mol. The molecule has 0 fully saturated rings. The van der Waals surface area contributed by atoms with Crippen LogP contribution in [-0.2, 0) is 16.0 Å². The minimum atomic E-state index is -0.651. The van der Waals surface area contributed by atoms with Gasteiger partial charge in [-0.1, -0.05) is 0 Å². The van der Waals surface area contributed by atoms with Crippen molar-refractivity contribution >= 4 is 5.69 Å². The number of aromatic nitrogens is 2. The fourth-order valence-electron chi connectivity index (χ4n) is 1.07. The van der Waals surface area contributed by atoms with Gasteiger partial charge in [-0.3, -0.25) is 14.7 Å². The van der Waals surface area contributed by atoms with Gasteiger partial charge >= 0.3 is 11.4 Å². The largest absolute Gasteiger partial charge is 0.354 e. The van der Waals surface area contributed by atoms with Crippen LogP contribution in [0.5, 0.6) is 0 Å². The Morgan fingerprint density at radius 1 is 1.56 bits per heavy atom. The highest BCUT2D eigenvalue weighted by molar-refractivity contribution is 5.20. The zero-order chi connectivity index (χ0) is 12.1. The van der Waals surface area contributed by atoms with Gasteiger partial charge < -0.3 is 9.47 Å². The van der Waals surface area contributed by atoms with Gasteiger partial charge in [0.05, 0.1) is 17.7 Å². The maximum absolute atomic E-state index is 11.3. The third-order valence-electron chi connectivity index (χ3n) is 1.92. The summed E-state index contributed by atoms with van der Waals surface area (Å²) in [6.07, 6.45) is 1.36. The van der Waals surface area contributed by atoms with Crippen molar-refractivity contribution in [2.24, 2.45) is 0 Å². The van der Waals surface area contributed by atoms with E-state index in [0.29, 0.717) is 0 Å². The molecule has 1 aromatic rings.